The monoisotopic (exact) mass is 342 g/mol. The molecule has 0 aliphatic heterocycles. The van der Waals surface area contributed by atoms with E-state index < -0.39 is 11.2 Å². The van der Waals surface area contributed by atoms with Gasteiger partial charge in [0.25, 0.3) is 0 Å². The Morgan fingerprint density at radius 3 is 2.16 bits per heavy atom. The predicted octanol–water partition coefficient (Wildman–Crippen LogP) is 3.50. The van der Waals surface area contributed by atoms with Crippen molar-refractivity contribution in [3.05, 3.63) is 46.1 Å². The van der Waals surface area contributed by atoms with E-state index in [0.717, 1.165) is 5.56 Å². The molecular formula is C19H18O6. The van der Waals surface area contributed by atoms with Gasteiger partial charge < -0.3 is 23.7 Å². The summed E-state index contributed by atoms with van der Waals surface area (Å²) in [6.45, 7) is 1.89. The highest BCUT2D eigenvalue weighted by Gasteiger charge is 2.20. The maximum atomic E-state index is 12.5. The molecule has 0 spiro atoms. The van der Waals surface area contributed by atoms with Gasteiger partial charge in [-0.05, 0) is 36.8 Å². The van der Waals surface area contributed by atoms with Gasteiger partial charge in [0.1, 0.15) is 5.58 Å². The minimum absolute atomic E-state index is 0.0438. The summed E-state index contributed by atoms with van der Waals surface area (Å²) in [6.07, 6.45) is 0. The Hall–Kier alpha value is -3.15. The number of ether oxygens (including phenoxy) is 3. The van der Waals surface area contributed by atoms with Crippen LogP contribution in [0.15, 0.2) is 39.5 Å². The van der Waals surface area contributed by atoms with Crippen molar-refractivity contribution in [2.45, 2.75) is 6.92 Å². The average molecular weight is 342 g/mol. The van der Waals surface area contributed by atoms with E-state index >= 15 is 0 Å². The molecule has 1 heterocycles. The number of hydrogen-bond donors (Lipinski definition) is 1. The molecule has 0 aliphatic rings. The molecule has 6 nitrogen and oxygen atoms in total. The number of methoxy groups -OCH3 is 3. The molecule has 0 aliphatic carbocycles. The summed E-state index contributed by atoms with van der Waals surface area (Å²) in [5.41, 5.74) is 1.28. The van der Waals surface area contributed by atoms with Gasteiger partial charge in [-0.25, -0.2) is 0 Å². The zero-order valence-electron chi connectivity index (χ0n) is 14.4. The Labute approximate surface area is 144 Å². The van der Waals surface area contributed by atoms with Crippen molar-refractivity contribution >= 4 is 11.0 Å². The smallest absolute Gasteiger partial charge is 0.235 e. The molecule has 6 heteroatoms. The molecule has 0 saturated heterocycles. The van der Waals surface area contributed by atoms with Crippen molar-refractivity contribution in [1.82, 2.24) is 0 Å². The molecule has 0 amide bonds. The van der Waals surface area contributed by atoms with Gasteiger partial charge in [-0.1, -0.05) is 6.07 Å². The van der Waals surface area contributed by atoms with Gasteiger partial charge in [0.05, 0.1) is 26.7 Å². The number of aryl methyl sites for hydroxylation is 1. The number of fused-ring (bicyclic) bond motifs is 1. The Morgan fingerprint density at radius 2 is 1.60 bits per heavy atom. The van der Waals surface area contributed by atoms with Gasteiger partial charge in [-0.3, -0.25) is 4.79 Å². The van der Waals surface area contributed by atoms with Crippen LogP contribution < -0.4 is 19.6 Å². The summed E-state index contributed by atoms with van der Waals surface area (Å²) in [6, 6.07) is 8.40. The molecule has 3 rings (SSSR count). The minimum atomic E-state index is -0.495. The zero-order valence-corrected chi connectivity index (χ0v) is 14.4. The lowest BCUT2D eigenvalue weighted by atomic mass is 10.1. The third kappa shape index (κ3) is 2.76. The predicted molar refractivity (Wildman–Crippen MR) is 94.0 cm³/mol. The number of rotatable bonds is 4. The molecule has 0 saturated carbocycles. The van der Waals surface area contributed by atoms with E-state index in [0.29, 0.717) is 33.8 Å². The van der Waals surface area contributed by atoms with Crippen molar-refractivity contribution in [2.75, 3.05) is 21.3 Å². The van der Waals surface area contributed by atoms with Crippen molar-refractivity contribution in [3.63, 3.8) is 0 Å². The second-order valence-corrected chi connectivity index (χ2v) is 5.52. The van der Waals surface area contributed by atoms with Crippen LogP contribution in [0.25, 0.3) is 22.3 Å². The molecule has 0 bridgehead atoms. The summed E-state index contributed by atoms with van der Waals surface area (Å²) in [7, 11) is 4.47. The van der Waals surface area contributed by atoms with E-state index in [9.17, 15) is 9.90 Å². The standard InChI is InChI=1S/C19H18O6/c1-10-5-6-12-13(7-10)25-18(17(21)16(12)20)11-8-14(22-2)19(24-4)15(9-11)23-3/h5-9,21H,1-4H3. The normalized spacial score (nSPS) is 10.7. The number of benzene rings is 2. The third-order valence-electron chi connectivity index (χ3n) is 3.95. The van der Waals surface area contributed by atoms with Crippen LogP contribution in [0.4, 0.5) is 0 Å². The van der Waals surface area contributed by atoms with Crippen LogP contribution in [0.2, 0.25) is 0 Å². The summed E-state index contributed by atoms with van der Waals surface area (Å²) < 4.78 is 21.7. The van der Waals surface area contributed by atoms with Crippen LogP contribution >= 0.6 is 0 Å². The summed E-state index contributed by atoms with van der Waals surface area (Å²) in [5, 5.41) is 10.7. The fourth-order valence-electron chi connectivity index (χ4n) is 2.70. The van der Waals surface area contributed by atoms with Crippen molar-refractivity contribution in [2.24, 2.45) is 0 Å². The maximum Gasteiger partial charge on any atom is 0.235 e. The van der Waals surface area contributed by atoms with Crippen LogP contribution in [-0.2, 0) is 0 Å². The average Bonchev–Trinajstić information content (AvgIpc) is 2.63. The highest BCUT2D eigenvalue weighted by molar-refractivity contribution is 5.83. The van der Waals surface area contributed by atoms with Crippen molar-refractivity contribution < 1.29 is 23.7 Å². The van der Waals surface area contributed by atoms with Crippen LogP contribution in [-0.4, -0.2) is 26.4 Å². The van der Waals surface area contributed by atoms with Gasteiger partial charge in [0.15, 0.2) is 17.3 Å². The van der Waals surface area contributed by atoms with Crippen LogP contribution in [0.1, 0.15) is 5.56 Å². The fourth-order valence-corrected chi connectivity index (χ4v) is 2.70. The summed E-state index contributed by atoms with van der Waals surface area (Å²) >= 11 is 0. The van der Waals surface area contributed by atoms with Gasteiger partial charge in [-0.2, -0.15) is 0 Å². The largest absolute Gasteiger partial charge is 0.502 e. The lowest BCUT2D eigenvalue weighted by molar-refractivity contribution is 0.324. The molecule has 0 radical (unpaired) electrons. The van der Waals surface area contributed by atoms with E-state index in [1.807, 2.05) is 6.92 Å². The Kier molecular flexibility index (Phi) is 4.27. The lowest BCUT2D eigenvalue weighted by Gasteiger charge is -2.14. The molecule has 3 aromatic rings. The Bertz CT molecular complexity index is 978. The second kappa shape index (κ2) is 6.39. The highest BCUT2D eigenvalue weighted by Crippen LogP contribution is 2.42. The first kappa shape index (κ1) is 16.7. The van der Waals surface area contributed by atoms with Crippen LogP contribution in [0.3, 0.4) is 0 Å². The maximum absolute atomic E-state index is 12.5. The third-order valence-corrected chi connectivity index (χ3v) is 3.95. The number of hydrogen-bond acceptors (Lipinski definition) is 6. The Balaban J connectivity index is 2.33. The summed E-state index contributed by atoms with van der Waals surface area (Å²) in [4.78, 5) is 12.5. The first-order chi connectivity index (χ1) is 12.0. The van der Waals surface area contributed by atoms with Crippen molar-refractivity contribution in [1.29, 1.82) is 0 Å². The lowest BCUT2D eigenvalue weighted by Crippen LogP contribution is -2.03. The molecule has 0 fully saturated rings. The molecule has 0 atom stereocenters. The highest BCUT2D eigenvalue weighted by atomic mass is 16.5. The molecule has 25 heavy (non-hydrogen) atoms. The van der Waals surface area contributed by atoms with Gasteiger partial charge >= 0.3 is 0 Å². The van der Waals surface area contributed by atoms with Crippen LogP contribution in [0, 0.1) is 6.92 Å². The molecule has 1 N–H and O–H groups in total. The van der Waals surface area contributed by atoms with E-state index in [4.69, 9.17) is 18.6 Å². The van der Waals surface area contributed by atoms with Crippen LogP contribution in [0.5, 0.6) is 23.0 Å². The quantitative estimate of drug-likeness (QED) is 0.782. The second-order valence-electron chi connectivity index (χ2n) is 5.52. The van der Waals surface area contributed by atoms with E-state index in [-0.39, 0.29) is 5.76 Å². The molecule has 2 aromatic carbocycles. The van der Waals surface area contributed by atoms with Gasteiger partial charge in [0.2, 0.25) is 16.9 Å². The zero-order chi connectivity index (χ0) is 18.1. The SMILES string of the molecule is COc1cc(-c2oc3cc(C)ccc3c(=O)c2O)cc(OC)c1OC. The molecular weight excluding hydrogens is 324 g/mol. The van der Waals surface area contributed by atoms with E-state index in [1.165, 1.54) is 21.3 Å². The Morgan fingerprint density at radius 1 is 0.960 bits per heavy atom. The number of aromatic hydroxyl groups is 1. The molecule has 0 unspecified atom stereocenters. The molecule has 1 aromatic heterocycles. The first-order valence-corrected chi connectivity index (χ1v) is 7.57. The van der Waals surface area contributed by atoms with E-state index in [2.05, 4.69) is 0 Å². The topological polar surface area (TPSA) is 78.1 Å². The van der Waals surface area contributed by atoms with Gasteiger partial charge in [0, 0.05) is 5.56 Å². The van der Waals surface area contributed by atoms with E-state index in [1.54, 1.807) is 30.3 Å². The summed E-state index contributed by atoms with van der Waals surface area (Å²) in [5.74, 6) is 0.770. The first-order valence-electron chi connectivity index (χ1n) is 7.57. The van der Waals surface area contributed by atoms with Crippen molar-refractivity contribution in [3.8, 4) is 34.3 Å². The molecule has 130 valence electrons. The fraction of sp³-hybridized carbons (Fsp3) is 0.211. The minimum Gasteiger partial charge on any atom is -0.502 e. The van der Waals surface area contributed by atoms with Gasteiger partial charge in [-0.15, -0.1) is 0 Å².